The number of rotatable bonds is 4. The van der Waals surface area contributed by atoms with E-state index < -0.39 is 30.7 Å². The van der Waals surface area contributed by atoms with Gasteiger partial charge in [-0.1, -0.05) is 12.1 Å². The fraction of sp³-hybridized carbons (Fsp3) is 0.381. The van der Waals surface area contributed by atoms with E-state index in [1.165, 1.54) is 12.1 Å². The third-order valence-electron chi connectivity index (χ3n) is 4.61. The second-order valence-electron chi connectivity index (χ2n) is 8.08. The van der Waals surface area contributed by atoms with Crippen molar-refractivity contribution in [3.63, 3.8) is 0 Å². The number of fused-ring (bicyclic) bond motifs is 1. The van der Waals surface area contributed by atoms with Crippen molar-refractivity contribution in [1.82, 2.24) is 5.32 Å². The summed E-state index contributed by atoms with van der Waals surface area (Å²) in [6.07, 6.45) is -0.569. The van der Waals surface area contributed by atoms with Gasteiger partial charge < -0.3 is 24.5 Å². The van der Waals surface area contributed by atoms with E-state index in [1.54, 1.807) is 52.8 Å². The molecule has 0 aromatic heterocycles. The summed E-state index contributed by atoms with van der Waals surface area (Å²) in [7, 11) is -0.999. The topological polar surface area (TPSA) is 77.0 Å². The van der Waals surface area contributed by atoms with Crippen LogP contribution in [0.4, 0.5) is 9.18 Å². The fourth-order valence-corrected chi connectivity index (χ4v) is 3.15. The van der Waals surface area contributed by atoms with Crippen LogP contribution in [-0.4, -0.2) is 23.8 Å². The van der Waals surface area contributed by atoms with Gasteiger partial charge in [0.15, 0.2) is 11.6 Å². The predicted molar refractivity (Wildman–Crippen MR) is 108 cm³/mol. The number of hydrogen-bond acceptors (Lipinski definition) is 5. The molecule has 0 aliphatic carbocycles. The van der Waals surface area contributed by atoms with Crippen molar-refractivity contribution < 1.29 is 28.3 Å². The molecule has 1 atom stereocenters. The maximum Gasteiger partial charge on any atom is 0.492 e. The molecule has 0 radical (unpaired) electrons. The number of nitrogens with one attached hydrogen (secondary N) is 1. The van der Waals surface area contributed by atoms with Gasteiger partial charge in [-0.25, -0.2) is 9.18 Å². The highest BCUT2D eigenvalue weighted by Crippen LogP contribution is 2.30. The number of ether oxygens (including phenoxy) is 2. The second-order valence-corrected chi connectivity index (χ2v) is 8.08. The fourth-order valence-electron chi connectivity index (χ4n) is 3.15. The average Bonchev–Trinajstić information content (AvgIpc) is 2.98. The van der Waals surface area contributed by atoms with Gasteiger partial charge in [0.2, 0.25) is 0 Å². The summed E-state index contributed by atoms with van der Waals surface area (Å²) in [5, 5.41) is 12.6. The molecule has 29 heavy (non-hydrogen) atoms. The molecular weight excluding hydrogens is 376 g/mol. The molecule has 154 valence electrons. The van der Waals surface area contributed by atoms with E-state index >= 15 is 0 Å². The highest BCUT2D eigenvalue weighted by Gasteiger charge is 2.30. The van der Waals surface area contributed by atoms with Gasteiger partial charge in [-0.05, 0) is 75.0 Å². The van der Waals surface area contributed by atoms with Crippen LogP contribution in [0.1, 0.15) is 50.4 Å². The van der Waals surface area contributed by atoms with Gasteiger partial charge in [0.25, 0.3) is 0 Å². The highest BCUT2D eigenvalue weighted by molar-refractivity contribution is 6.62. The Bertz CT molecular complexity index is 928. The van der Waals surface area contributed by atoms with Crippen LogP contribution in [-0.2, 0) is 16.0 Å². The molecule has 2 aromatic rings. The summed E-state index contributed by atoms with van der Waals surface area (Å²) < 4.78 is 30.8. The van der Waals surface area contributed by atoms with Crippen LogP contribution in [0.15, 0.2) is 30.3 Å². The van der Waals surface area contributed by atoms with E-state index in [1.807, 2.05) is 0 Å². The molecule has 0 saturated carbocycles. The van der Waals surface area contributed by atoms with Crippen LogP contribution in [0.5, 0.6) is 11.5 Å². The zero-order chi connectivity index (χ0) is 21.3. The molecule has 8 heteroatoms. The molecule has 0 saturated heterocycles. The number of halogens is 1. The largest absolute Gasteiger partial charge is 0.492 e. The molecule has 3 rings (SSSR count). The summed E-state index contributed by atoms with van der Waals surface area (Å²) in [6, 6.07) is 7.60. The molecule has 0 spiro atoms. The van der Waals surface area contributed by atoms with E-state index in [2.05, 4.69) is 5.32 Å². The summed E-state index contributed by atoms with van der Waals surface area (Å²) in [5.41, 5.74) is 2.22. The minimum Gasteiger partial charge on any atom is -0.454 e. The first kappa shape index (κ1) is 21.1. The van der Waals surface area contributed by atoms with Crippen LogP contribution < -0.4 is 15.5 Å². The molecule has 2 aromatic carbocycles. The first-order chi connectivity index (χ1) is 13.5. The molecule has 1 amide bonds. The summed E-state index contributed by atoms with van der Waals surface area (Å²) >= 11 is 0. The molecular formula is C21H25BFNO5. The van der Waals surface area contributed by atoms with Gasteiger partial charge >= 0.3 is 13.2 Å². The van der Waals surface area contributed by atoms with E-state index in [-0.39, 0.29) is 5.75 Å². The molecule has 1 aliphatic heterocycles. The SMILES string of the molecule is Cc1c(Oc2ccc(C(C)NC(=O)OC(C)(C)C)cc2F)ccc2c1B(O)OC2. The molecule has 2 N–H and O–H groups in total. The molecule has 1 aliphatic rings. The van der Waals surface area contributed by atoms with Crippen molar-refractivity contribution >= 4 is 18.7 Å². The number of hydrogen-bond donors (Lipinski definition) is 2. The Labute approximate surface area is 170 Å². The van der Waals surface area contributed by atoms with Crippen LogP contribution in [0.2, 0.25) is 0 Å². The van der Waals surface area contributed by atoms with Crippen LogP contribution in [0.25, 0.3) is 0 Å². The van der Waals surface area contributed by atoms with Crippen molar-refractivity contribution in [2.45, 2.75) is 52.9 Å². The maximum absolute atomic E-state index is 14.6. The minimum absolute atomic E-state index is 0.0506. The smallest absolute Gasteiger partial charge is 0.454 e. The molecule has 0 bridgehead atoms. The summed E-state index contributed by atoms with van der Waals surface area (Å²) in [6.45, 7) is 9.19. The van der Waals surface area contributed by atoms with Crippen molar-refractivity contribution in [2.75, 3.05) is 0 Å². The molecule has 6 nitrogen and oxygen atoms in total. The van der Waals surface area contributed by atoms with Gasteiger partial charge in [0.05, 0.1) is 12.6 Å². The Morgan fingerprint density at radius 3 is 2.62 bits per heavy atom. The van der Waals surface area contributed by atoms with Crippen LogP contribution >= 0.6 is 0 Å². The lowest BCUT2D eigenvalue weighted by molar-refractivity contribution is 0.0508. The Hall–Kier alpha value is -2.58. The van der Waals surface area contributed by atoms with Gasteiger partial charge in [-0.2, -0.15) is 0 Å². The number of amides is 1. The number of carbonyl (C=O) groups excluding carboxylic acids is 1. The predicted octanol–water partition coefficient (Wildman–Crippen LogP) is 3.73. The zero-order valence-electron chi connectivity index (χ0n) is 17.2. The second kappa shape index (κ2) is 8.04. The normalized spacial score (nSPS) is 14.4. The highest BCUT2D eigenvalue weighted by atomic mass is 19.1. The van der Waals surface area contributed by atoms with Crippen molar-refractivity contribution in [3.8, 4) is 11.5 Å². The van der Waals surface area contributed by atoms with Gasteiger partial charge in [-0.3, -0.25) is 0 Å². The van der Waals surface area contributed by atoms with Crippen LogP contribution in [0, 0.1) is 12.7 Å². The van der Waals surface area contributed by atoms with E-state index in [0.717, 1.165) is 5.56 Å². The Kier molecular flexibility index (Phi) is 5.86. The standard InChI is InChI=1S/C21H25BFNO5/c1-12-17(8-7-15-11-27-22(26)19(12)15)28-18-9-6-14(10-16(18)23)13(2)24-20(25)29-21(3,4)5/h6-10,13,26H,11H2,1-5H3,(H,24,25). The Morgan fingerprint density at radius 1 is 1.28 bits per heavy atom. The first-order valence-electron chi connectivity index (χ1n) is 9.44. The van der Waals surface area contributed by atoms with E-state index in [9.17, 15) is 14.2 Å². The zero-order valence-corrected chi connectivity index (χ0v) is 17.2. The van der Waals surface area contributed by atoms with Crippen molar-refractivity contribution in [2.24, 2.45) is 0 Å². The van der Waals surface area contributed by atoms with E-state index in [0.29, 0.717) is 28.9 Å². The lowest BCUT2D eigenvalue weighted by Crippen LogP contribution is -2.34. The van der Waals surface area contributed by atoms with Crippen LogP contribution in [0.3, 0.4) is 0 Å². The van der Waals surface area contributed by atoms with E-state index in [4.69, 9.17) is 14.1 Å². The third-order valence-corrected chi connectivity index (χ3v) is 4.61. The summed E-state index contributed by atoms with van der Waals surface area (Å²) in [5.74, 6) is -0.0633. The van der Waals surface area contributed by atoms with Crippen molar-refractivity contribution in [3.05, 3.63) is 52.8 Å². The molecule has 0 fully saturated rings. The maximum atomic E-state index is 14.6. The van der Waals surface area contributed by atoms with Gasteiger partial charge in [0.1, 0.15) is 11.4 Å². The summed E-state index contributed by atoms with van der Waals surface area (Å²) in [4.78, 5) is 11.9. The van der Waals surface area contributed by atoms with Gasteiger partial charge in [-0.15, -0.1) is 0 Å². The Morgan fingerprint density at radius 2 is 1.97 bits per heavy atom. The van der Waals surface area contributed by atoms with Gasteiger partial charge in [0, 0.05) is 0 Å². The lowest BCUT2D eigenvalue weighted by Gasteiger charge is -2.22. The average molecular weight is 401 g/mol. The number of benzene rings is 2. The molecule has 1 heterocycles. The molecule has 1 unspecified atom stereocenters. The Balaban J connectivity index is 1.74. The monoisotopic (exact) mass is 401 g/mol. The minimum atomic E-state index is -0.999. The van der Waals surface area contributed by atoms with Crippen molar-refractivity contribution in [1.29, 1.82) is 0 Å². The number of alkyl carbamates (subject to hydrolysis) is 1. The quantitative estimate of drug-likeness (QED) is 0.764. The number of carbonyl (C=O) groups is 1. The first-order valence-corrected chi connectivity index (χ1v) is 9.44. The third kappa shape index (κ3) is 4.89. The lowest BCUT2D eigenvalue weighted by atomic mass is 9.76.